The van der Waals surface area contributed by atoms with Gasteiger partial charge in [-0.05, 0) is 31.6 Å². The van der Waals surface area contributed by atoms with E-state index in [-0.39, 0.29) is 18.3 Å². The largest absolute Gasteiger partial charge is 0.239 e. The van der Waals surface area contributed by atoms with Crippen LogP contribution in [0.4, 0.5) is 8.78 Å². The fourth-order valence-corrected chi connectivity index (χ4v) is 2.88. The van der Waals surface area contributed by atoms with Gasteiger partial charge in [0, 0.05) is 0 Å². The predicted octanol–water partition coefficient (Wildman–Crippen LogP) is 4.29. The van der Waals surface area contributed by atoms with Crippen LogP contribution in [0.3, 0.4) is 0 Å². The Kier molecular flexibility index (Phi) is 3.38. The quantitative estimate of drug-likeness (QED) is 0.604. The molecule has 0 nitrogen and oxygen atoms in total. The summed E-state index contributed by atoms with van der Waals surface area (Å²) in [5.74, 6) is 0.172. The summed E-state index contributed by atoms with van der Waals surface area (Å²) >= 11 is 11.5. The Morgan fingerprint density at radius 2 is 1.86 bits per heavy atom. The average Bonchev–Trinajstić information content (AvgIpc) is 2.00. The first-order chi connectivity index (χ1) is 6.20. The number of rotatable bonds is 1. The van der Waals surface area contributed by atoms with E-state index in [1.54, 1.807) is 0 Å². The lowest BCUT2D eigenvalue weighted by molar-refractivity contribution is -0.0257. The van der Waals surface area contributed by atoms with Crippen LogP contribution in [0.2, 0.25) is 0 Å². The van der Waals surface area contributed by atoms with Crippen molar-refractivity contribution in [2.45, 2.75) is 49.8 Å². The van der Waals surface area contributed by atoms with Crippen molar-refractivity contribution in [1.29, 1.82) is 0 Å². The second-order valence-corrected chi connectivity index (χ2v) is 5.69. The molecule has 0 radical (unpaired) electrons. The second kappa shape index (κ2) is 3.79. The molecule has 0 bridgehead atoms. The molecule has 1 aliphatic carbocycles. The molecule has 0 amide bonds. The maximum atomic E-state index is 13.9. The van der Waals surface area contributed by atoms with Gasteiger partial charge in [0.25, 0.3) is 0 Å². The molecule has 0 aromatic rings. The molecular formula is C10H16Cl2F2. The minimum absolute atomic E-state index is 0.0528. The van der Waals surface area contributed by atoms with E-state index in [9.17, 15) is 8.78 Å². The third-order valence-corrected chi connectivity index (χ3v) is 4.59. The van der Waals surface area contributed by atoms with Crippen LogP contribution in [0.1, 0.15) is 33.6 Å². The van der Waals surface area contributed by atoms with Crippen LogP contribution in [0.15, 0.2) is 0 Å². The molecule has 0 aromatic heterocycles. The van der Waals surface area contributed by atoms with Gasteiger partial charge in [-0.3, -0.25) is 0 Å². The Hall–Kier alpha value is 0.440. The average molecular weight is 245 g/mol. The van der Waals surface area contributed by atoms with Crippen LogP contribution in [-0.4, -0.2) is 16.2 Å². The zero-order chi connectivity index (χ0) is 11.1. The molecule has 4 heteroatoms. The van der Waals surface area contributed by atoms with Crippen LogP contribution in [0.5, 0.6) is 0 Å². The molecule has 14 heavy (non-hydrogen) atoms. The summed E-state index contributed by atoms with van der Waals surface area (Å²) in [6.07, 6.45) is 0.732. The third-order valence-electron chi connectivity index (χ3n) is 3.22. The Bertz CT molecular complexity index is 214. The topological polar surface area (TPSA) is 0 Å². The van der Waals surface area contributed by atoms with E-state index in [2.05, 4.69) is 0 Å². The number of hydrogen-bond donors (Lipinski definition) is 0. The molecule has 0 N–H and O–H groups in total. The molecule has 4 atom stereocenters. The van der Waals surface area contributed by atoms with Crippen molar-refractivity contribution in [3.05, 3.63) is 0 Å². The van der Waals surface area contributed by atoms with Gasteiger partial charge in [-0.15, -0.1) is 11.6 Å². The van der Waals surface area contributed by atoms with Gasteiger partial charge < -0.3 is 0 Å². The highest BCUT2D eigenvalue weighted by atomic mass is 35.5. The van der Waals surface area contributed by atoms with Crippen LogP contribution in [0, 0.1) is 11.8 Å². The second-order valence-electron chi connectivity index (χ2n) is 4.67. The van der Waals surface area contributed by atoms with E-state index in [1.165, 1.54) is 6.92 Å². The molecule has 1 rings (SSSR count). The summed E-state index contributed by atoms with van der Waals surface area (Å²) in [7, 11) is 0. The first kappa shape index (κ1) is 12.5. The Balaban J connectivity index is 2.89. The van der Waals surface area contributed by atoms with Crippen molar-refractivity contribution < 1.29 is 8.78 Å². The van der Waals surface area contributed by atoms with E-state index in [4.69, 9.17) is 23.2 Å². The number of alkyl halides is 4. The summed E-state index contributed by atoms with van der Waals surface area (Å²) in [5.41, 5.74) is -2.02. The molecule has 0 aliphatic heterocycles. The SMILES string of the molecule is CC(C)C1CCC(C)(F)C(F)(Cl)C1Cl. The molecule has 0 saturated heterocycles. The Morgan fingerprint density at radius 3 is 2.29 bits per heavy atom. The maximum absolute atomic E-state index is 13.9. The van der Waals surface area contributed by atoms with Gasteiger partial charge >= 0.3 is 0 Å². The monoisotopic (exact) mass is 244 g/mol. The number of hydrogen-bond acceptors (Lipinski definition) is 0. The van der Waals surface area contributed by atoms with E-state index >= 15 is 0 Å². The zero-order valence-electron chi connectivity index (χ0n) is 8.66. The van der Waals surface area contributed by atoms with Gasteiger partial charge in [0.05, 0.1) is 5.38 Å². The smallest absolute Gasteiger partial charge is 0.233 e. The summed E-state index contributed by atoms with van der Waals surface area (Å²) in [4.78, 5) is 0. The minimum atomic E-state index is -2.44. The van der Waals surface area contributed by atoms with E-state index < -0.39 is 16.2 Å². The molecule has 1 fully saturated rings. The highest BCUT2D eigenvalue weighted by Crippen LogP contribution is 2.52. The zero-order valence-corrected chi connectivity index (χ0v) is 10.2. The summed E-state index contributed by atoms with van der Waals surface area (Å²) in [6, 6.07) is 0. The van der Waals surface area contributed by atoms with Crippen LogP contribution < -0.4 is 0 Å². The molecule has 84 valence electrons. The van der Waals surface area contributed by atoms with Crippen LogP contribution in [0.25, 0.3) is 0 Å². The van der Waals surface area contributed by atoms with Crippen molar-refractivity contribution in [2.75, 3.05) is 0 Å². The van der Waals surface area contributed by atoms with Crippen molar-refractivity contribution in [2.24, 2.45) is 11.8 Å². The molecule has 0 spiro atoms. The molecule has 1 saturated carbocycles. The lowest BCUT2D eigenvalue weighted by Gasteiger charge is -2.45. The van der Waals surface area contributed by atoms with Crippen molar-refractivity contribution in [3.8, 4) is 0 Å². The lowest BCUT2D eigenvalue weighted by atomic mass is 9.74. The predicted molar refractivity (Wildman–Crippen MR) is 56.4 cm³/mol. The highest BCUT2D eigenvalue weighted by molar-refractivity contribution is 6.32. The van der Waals surface area contributed by atoms with E-state index in [1.807, 2.05) is 13.8 Å². The normalized spacial score (nSPS) is 49.7. The maximum Gasteiger partial charge on any atom is 0.233 e. The van der Waals surface area contributed by atoms with Crippen molar-refractivity contribution in [3.63, 3.8) is 0 Å². The highest BCUT2D eigenvalue weighted by Gasteiger charge is 2.59. The van der Waals surface area contributed by atoms with Gasteiger partial charge in [-0.25, -0.2) is 8.78 Å². The molecule has 0 heterocycles. The first-order valence-corrected chi connectivity index (χ1v) is 5.72. The van der Waals surface area contributed by atoms with E-state index in [0.717, 1.165) is 0 Å². The van der Waals surface area contributed by atoms with Gasteiger partial charge in [0.15, 0.2) is 5.67 Å². The third kappa shape index (κ3) is 1.88. The first-order valence-electron chi connectivity index (χ1n) is 4.91. The molecule has 0 aromatic carbocycles. The minimum Gasteiger partial charge on any atom is -0.239 e. The lowest BCUT2D eigenvalue weighted by Crippen LogP contribution is -2.55. The fraction of sp³-hybridized carbons (Fsp3) is 1.00. The van der Waals surface area contributed by atoms with E-state index in [0.29, 0.717) is 6.42 Å². The fourth-order valence-electron chi connectivity index (χ4n) is 1.98. The number of halogens is 4. The summed E-state index contributed by atoms with van der Waals surface area (Å²) in [5, 5.41) is -3.39. The standard InChI is InChI=1S/C10H16Cl2F2/c1-6(2)7-4-5-9(3,13)10(12,14)8(7)11/h6-8H,4-5H2,1-3H3. The Labute approximate surface area is 94.0 Å². The van der Waals surface area contributed by atoms with Gasteiger partial charge in [-0.2, -0.15) is 0 Å². The van der Waals surface area contributed by atoms with Gasteiger partial charge in [0.1, 0.15) is 0 Å². The van der Waals surface area contributed by atoms with Crippen molar-refractivity contribution in [1.82, 2.24) is 0 Å². The van der Waals surface area contributed by atoms with Crippen molar-refractivity contribution >= 4 is 23.2 Å². The van der Waals surface area contributed by atoms with Crippen LogP contribution in [-0.2, 0) is 0 Å². The summed E-state index contributed by atoms with van der Waals surface area (Å²) in [6.45, 7) is 5.09. The summed E-state index contributed by atoms with van der Waals surface area (Å²) < 4.78 is 27.7. The van der Waals surface area contributed by atoms with Crippen LogP contribution >= 0.6 is 23.2 Å². The molecular weight excluding hydrogens is 229 g/mol. The molecule has 4 unspecified atom stereocenters. The van der Waals surface area contributed by atoms with Gasteiger partial charge in [0.2, 0.25) is 5.13 Å². The van der Waals surface area contributed by atoms with Gasteiger partial charge in [-0.1, -0.05) is 25.4 Å². The Morgan fingerprint density at radius 1 is 1.36 bits per heavy atom. The molecule has 1 aliphatic rings.